The maximum atomic E-state index is 8.90. The van der Waals surface area contributed by atoms with E-state index in [4.69, 9.17) is 9.52 Å². The molecule has 0 saturated heterocycles. The highest BCUT2D eigenvalue weighted by atomic mass is 16.4. The molecule has 0 unspecified atom stereocenters. The van der Waals surface area contributed by atoms with Crippen LogP contribution in [0.25, 0.3) is 0 Å². The van der Waals surface area contributed by atoms with Crippen LogP contribution in [-0.2, 0) is 26.7 Å². The van der Waals surface area contributed by atoms with Crippen molar-refractivity contribution in [3.8, 4) is 0 Å². The number of furan rings is 1. The van der Waals surface area contributed by atoms with E-state index >= 15 is 0 Å². The maximum Gasteiger partial charge on any atom is 0.129 e. The SMILES string of the molecule is Cc1nn(C)c(C)c1CNCc1ccc(CO)o1. The van der Waals surface area contributed by atoms with Crippen LogP contribution in [0.4, 0.5) is 0 Å². The van der Waals surface area contributed by atoms with Crippen LogP contribution >= 0.6 is 0 Å². The van der Waals surface area contributed by atoms with Gasteiger partial charge in [-0.25, -0.2) is 0 Å². The van der Waals surface area contributed by atoms with Crippen LogP contribution in [0.3, 0.4) is 0 Å². The molecule has 0 spiro atoms. The Morgan fingerprint density at radius 2 is 2.00 bits per heavy atom. The van der Waals surface area contributed by atoms with Crippen molar-refractivity contribution < 1.29 is 9.52 Å². The first kappa shape index (κ1) is 12.9. The lowest BCUT2D eigenvalue weighted by Gasteiger charge is -2.03. The number of hydrogen-bond donors (Lipinski definition) is 2. The van der Waals surface area contributed by atoms with Crippen molar-refractivity contribution in [2.75, 3.05) is 0 Å². The number of aliphatic hydroxyl groups is 1. The van der Waals surface area contributed by atoms with Crippen LogP contribution in [0.2, 0.25) is 0 Å². The zero-order chi connectivity index (χ0) is 13.1. The number of nitrogens with zero attached hydrogens (tertiary/aromatic N) is 2. The number of aliphatic hydroxyl groups excluding tert-OH is 1. The van der Waals surface area contributed by atoms with Crippen molar-refractivity contribution in [2.24, 2.45) is 7.05 Å². The summed E-state index contributed by atoms with van der Waals surface area (Å²) in [5, 5.41) is 16.6. The molecule has 2 heterocycles. The number of hydrogen-bond acceptors (Lipinski definition) is 4. The van der Waals surface area contributed by atoms with Gasteiger partial charge in [-0.05, 0) is 26.0 Å². The minimum absolute atomic E-state index is 0.0547. The number of rotatable bonds is 5. The average Bonchev–Trinajstić information content (AvgIpc) is 2.89. The molecule has 0 aliphatic carbocycles. The van der Waals surface area contributed by atoms with Gasteiger partial charge in [0.25, 0.3) is 0 Å². The van der Waals surface area contributed by atoms with E-state index in [0.717, 1.165) is 18.0 Å². The lowest BCUT2D eigenvalue weighted by molar-refractivity contribution is 0.242. The van der Waals surface area contributed by atoms with Crippen LogP contribution < -0.4 is 5.32 Å². The molecular weight excluding hydrogens is 230 g/mol. The summed E-state index contributed by atoms with van der Waals surface area (Å²) in [6.45, 7) is 5.43. The van der Waals surface area contributed by atoms with Gasteiger partial charge in [0.2, 0.25) is 0 Å². The average molecular weight is 249 g/mol. The molecule has 18 heavy (non-hydrogen) atoms. The third kappa shape index (κ3) is 2.63. The predicted molar refractivity (Wildman–Crippen MR) is 67.9 cm³/mol. The zero-order valence-corrected chi connectivity index (χ0v) is 11.0. The fraction of sp³-hybridized carbons (Fsp3) is 0.462. The van der Waals surface area contributed by atoms with Crippen molar-refractivity contribution in [2.45, 2.75) is 33.5 Å². The van der Waals surface area contributed by atoms with Crippen molar-refractivity contribution >= 4 is 0 Å². The van der Waals surface area contributed by atoms with Crippen LogP contribution in [0.15, 0.2) is 16.5 Å². The Kier molecular flexibility index (Phi) is 3.84. The summed E-state index contributed by atoms with van der Waals surface area (Å²) in [6.07, 6.45) is 0. The van der Waals surface area contributed by atoms with Crippen molar-refractivity contribution in [3.05, 3.63) is 40.6 Å². The van der Waals surface area contributed by atoms with Crippen molar-refractivity contribution in [1.82, 2.24) is 15.1 Å². The van der Waals surface area contributed by atoms with Crippen molar-refractivity contribution in [1.29, 1.82) is 0 Å². The maximum absolute atomic E-state index is 8.90. The molecule has 98 valence electrons. The van der Waals surface area contributed by atoms with E-state index in [0.29, 0.717) is 12.3 Å². The quantitative estimate of drug-likeness (QED) is 0.841. The highest BCUT2D eigenvalue weighted by Crippen LogP contribution is 2.12. The van der Waals surface area contributed by atoms with Gasteiger partial charge in [0, 0.05) is 24.8 Å². The van der Waals surface area contributed by atoms with Gasteiger partial charge in [0.05, 0.1) is 12.2 Å². The summed E-state index contributed by atoms with van der Waals surface area (Å²) in [5.41, 5.74) is 3.46. The van der Waals surface area contributed by atoms with Crippen LogP contribution in [0.5, 0.6) is 0 Å². The lowest BCUT2D eigenvalue weighted by Crippen LogP contribution is -2.13. The summed E-state index contributed by atoms with van der Waals surface area (Å²) in [5.74, 6) is 1.43. The summed E-state index contributed by atoms with van der Waals surface area (Å²) in [6, 6.07) is 3.67. The topological polar surface area (TPSA) is 63.2 Å². The Balaban J connectivity index is 1.92. The second-order valence-electron chi connectivity index (χ2n) is 4.40. The molecule has 0 aliphatic rings. The van der Waals surface area contributed by atoms with Gasteiger partial charge in [-0.3, -0.25) is 4.68 Å². The molecule has 0 saturated carbocycles. The molecule has 2 aromatic heterocycles. The number of aryl methyl sites for hydroxylation is 2. The molecule has 2 aromatic rings. The Morgan fingerprint density at radius 1 is 1.28 bits per heavy atom. The molecule has 0 aromatic carbocycles. The third-order valence-corrected chi connectivity index (χ3v) is 3.13. The first-order valence-electron chi connectivity index (χ1n) is 6.00. The minimum atomic E-state index is -0.0547. The highest BCUT2D eigenvalue weighted by molar-refractivity contribution is 5.24. The molecule has 5 nitrogen and oxygen atoms in total. The molecule has 0 radical (unpaired) electrons. The van der Waals surface area contributed by atoms with Gasteiger partial charge in [-0.1, -0.05) is 0 Å². The Labute approximate surface area is 106 Å². The van der Waals surface area contributed by atoms with Gasteiger partial charge in [0.15, 0.2) is 0 Å². The van der Waals surface area contributed by atoms with Crippen LogP contribution in [0.1, 0.15) is 28.5 Å². The molecule has 0 atom stereocenters. The monoisotopic (exact) mass is 249 g/mol. The second-order valence-corrected chi connectivity index (χ2v) is 4.40. The molecule has 2 rings (SSSR count). The lowest BCUT2D eigenvalue weighted by atomic mass is 10.2. The molecule has 2 N–H and O–H groups in total. The predicted octanol–water partition coefficient (Wildman–Crippen LogP) is 1.41. The smallest absolute Gasteiger partial charge is 0.129 e. The first-order chi connectivity index (χ1) is 8.61. The third-order valence-electron chi connectivity index (χ3n) is 3.13. The second kappa shape index (κ2) is 5.37. The van der Waals surface area contributed by atoms with E-state index in [9.17, 15) is 0 Å². The zero-order valence-electron chi connectivity index (χ0n) is 11.0. The van der Waals surface area contributed by atoms with Gasteiger partial charge >= 0.3 is 0 Å². The van der Waals surface area contributed by atoms with Crippen LogP contribution in [0, 0.1) is 13.8 Å². The molecule has 0 amide bonds. The van der Waals surface area contributed by atoms with E-state index in [1.165, 1.54) is 11.3 Å². The molecular formula is C13H19N3O2. The fourth-order valence-electron chi connectivity index (χ4n) is 1.99. The largest absolute Gasteiger partial charge is 0.462 e. The van der Waals surface area contributed by atoms with Crippen molar-refractivity contribution in [3.63, 3.8) is 0 Å². The fourth-order valence-corrected chi connectivity index (χ4v) is 1.99. The Hall–Kier alpha value is -1.59. The van der Waals surface area contributed by atoms with E-state index in [1.54, 1.807) is 6.07 Å². The van der Waals surface area contributed by atoms with Gasteiger partial charge in [-0.15, -0.1) is 0 Å². The number of aromatic nitrogens is 2. The normalized spacial score (nSPS) is 11.1. The molecule has 0 bridgehead atoms. The highest BCUT2D eigenvalue weighted by Gasteiger charge is 2.09. The van der Waals surface area contributed by atoms with E-state index in [2.05, 4.69) is 17.3 Å². The van der Waals surface area contributed by atoms with E-state index in [-0.39, 0.29) is 6.61 Å². The standard InChI is InChI=1S/C13H19N3O2/c1-9-13(10(2)16(3)15-9)7-14-6-11-4-5-12(8-17)18-11/h4-5,14,17H,6-8H2,1-3H3. The van der Waals surface area contributed by atoms with Crippen LogP contribution in [-0.4, -0.2) is 14.9 Å². The van der Waals surface area contributed by atoms with E-state index < -0.39 is 0 Å². The summed E-state index contributed by atoms with van der Waals surface area (Å²) in [7, 11) is 1.95. The van der Waals surface area contributed by atoms with E-state index in [1.807, 2.05) is 24.7 Å². The first-order valence-corrected chi connectivity index (χ1v) is 6.00. The Bertz CT molecular complexity index is 528. The summed E-state index contributed by atoms with van der Waals surface area (Å²) < 4.78 is 7.30. The minimum Gasteiger partial charge on any atom is -0.462 e. The van der Waals surface area contributed by atoms with Gasteiger partial charge in [0.1, 0.15) is 18.1 Å². The molecule has 0 fully saturated rings. The number of nitrogens with one attached hydrogen (secondary N) is 1. The molecule has 5 heteroatoms. The summed E-state index contributed by atoms with van der Waals surface area (Å²) >= 11 is 0. The van der Waals surface area contributed by atoms with Gasteiger partial charge < -0.3 is 14.8 Å². The Morgan fingerprint density at radius 3 is 2.56 bits per heavy atom. The summed E-state index contributed by atoms with van der Waals surface area (Å²) in [4.78, 5) is 0. The van der Waals surface area contributed by atoms with Gasteiger partial charge in [-0.2, -0.15) is 5.10 Å². The molecule has 0 aliphatic heterocycles.